The highest BCUT2D eigenvalue weighted by Gasteiger charge is 2.17. The maximum absolute atomic E-state index is 13.5. The lowest BCUT2D eigenvalue weighted by Gasteiger charge is -2.20. The molecular weight excluding hydrogens is 311 g/mol. The van der Waals surface area contributed by atoms with E-state index in [1.807, 2.05) is 0 Å². The van der Waals surface area contributed by atoms with Gasteiger partial charge in [0.2, 0.25) is 10.0 Å². The lowest BCUT2D eigenvalue weighted by atomic mass is 10.1. The molecule has 0 saturated heterocycles. The highest BCUT2D eigenvalue weighted by atomic mass is 32.2. The summed E-state index contributed by atoms with van der Waals surface area (Å²) >= 11 is 0. The SMILES string of the molecule is CCOC(=O)NCCN(CCc1ccccc1F)S(C)(=O)=O. The average molecular weight is 332 g/mol. The second-order valence-corrected chi connectivity index (χ2v) is 6.63. The van der Waals surface area contributed by atoms with E-state index in [1.165, 1.54) is 10.4 Å². The molecule has 0 radical (unpaired) electrons. The highest BCUT2D eigenvalue weighted by molar-refractivity contribution is 7.88. The molecule has 0 aliphatic heterocycles. The Morgan fingerprint density at radius 1 is 1.32 bits per heavy atom. The number of amides is 1. The first-order chi connectivity index (χ1) is 10.3. The van der Waals surface area contributed by atoms with E-state index in [2.05, 4.69) is 10.1 Å². The molecule has 0 spiro atoms. The highest BCUT2D eigenvalue weighted by Crippen LogP contribution is 2.09. The van der Waals surface area contributed by atoms with Crippen molar-refractivity contribution in [2.45, 2.75) is 13.3 Å². The van der Waals surface area contributed by atoms with Crippen LogP contribution in [0.15, 0.2) is 24.3 Å². The first-order valence-electron chi connectivity index (χ1n) is 6.93. The predicted octanol–water partition coefficient (Wildman–Crippen LogP) is 1.38. The predicted molar refractivity (Wildman–Crippen MR) is 81.5 cm³/mol. The van der Waals surface area contributed by atoms with Gasteiger partial charge in [-0.05, 0) is 25.0 Å². The maximum atomic E-state index is 13.5. The van der Waals surface area contributed by atoms with Gasteiger partial charge in [-0.3, -0.25) is 0 Å². The lowest BCUT2D eigenvalue weighted by molar-refractivity contribution is 0.151. The number of hydrogen-bond donors (Lipinski definition) is 1. The van der Waals surface area contributed by atoms with E-state index < -0.39 is 16.1 Å². The van der Waals surface area contributed by atoms with Crippen LogP contribution in [0.2, 0.25) is 0 Å². The van der Waals surface area contributed by atoms with Crippen LogP contribution in [-0.4, -0.2) is 51.3 Å². The summed E-state index contributed by atoms with van der Waals surface area (Å²) in [6, 6.07) is 6.23. The van der Waals surface area contributed by atoms with E-state index in [9.17, 15) is 17.6 Å². The molecule has 0 heterocycles. The largest absolute Gasteiger partial charge is 0.450 e. The van der Waals surface area contributed by atoms with Crippen molar-refractivity contribution < 1.29 is 22.3 Å². The molecule has 0 bridgehead atoms. The molecular formula is C14H21FN2O4S. The van der Waals surface area contributed by atoms with Crippen molar-refractivity contribution in [3.63, 3.8) is 0 Å². The van der Waals surface area contributed by atoms with Gasteiger partial charge in [-0.15, -0.1) is 0 Å². The number of benzene rings is 1. The van der Waals surface area contributed by atoms with Crippen molar-refractivity contribution >= 4 is 16.1 Å². The normalized spacial score (nSPS) is 11.5. The third-order valence-electron chi connectivity index (χ3n) is 2.96. The number of carbonyl (C=O) groups is 1. The second kappa shape index (κ2) is 8.70. The van der Waals surface area contributed by atoms with Crippen molar-refractivity contribution in [3.8, 4) is 0 Å². The Kier molecular flexibility index (Phi) is 7.26. The first kappa shape index (κ1) is 18.4. The second-order valence-electron chi connectivity index (χ2n) is 4.65. The minimum absolute atomic E-state index is 0.103. The van der Waals surface area contributed by atoms with Crippen LogP contribution < -0.4 is 5.32 Å². The number of nitrogens with one attached hydrogen (secondary N) is 1. The summed E-state index contributed by atoms with van der Waals surface area (Å²) in [5.74, 6) is -0.361. The van der Waals surface area contributed by atoms with Gasteiger partial charge in [-0.2, -0.15) is 0 Å². The number of rotatable bonds is 8. The fourth-order valence-corrected chi connectivity index (χ4v) is 2.70. The van der Waals surface area contributed by atoms with Crippen LogP contribution in [0.4, 0.5) is 9.18 Å². The third kappa shape index (κ3) is 6.40. The van der Waals surface area contributed by atoms with E-state index in [4.69, 9.17) is 0 Å². The maximum Gasteiger partial charge on any atom is 0.407 e. The fourth-order valence-electron chi connectivity index (χ4n) is 1.85. The van der Waals surface area contributed by atoms with E-state index in [1.54, 1.807) is 25.1 Å². The molecule has 0 aliphatic rings. The summed E-state index contributed by atoms with van der Waals surface area (Å²) in [7, 11) is -3.44. The summed E-state index contributed by atoms with van der Waals surface area (Å²) in [4.78, 5) is 11.1. The van der Waals surface area contributed by atoms with Crippen molar-refractivity contribution in [1.29, 1.82) is 0 Å². The minimum Gasteiger partial charge on any atom is -0.450 e. The van der Waals surface area contributed by atoms with E-state index in [0.29, 0.717) is 5.56 Å². The fraction of sp³-hybridized carbons (Fsp3) is 0.500. The van der Waals surface area contributed by atoms with Gasteiger partial charge in [-0.1, -0.05) is 18.2 Å². The molecule has 1 amide bonds. The number of ether oxygens (including phenoxy) is 1. The molecule has 8 heteroatoms. The Bertz CT molecular complexity index is 592. The molecule has 0 atom stereocenters. The average Bonchev–Trinajstić information content (AvgIpc) is 2.43. The summed E-state index contributed by atoms with van der Waals surface area (Å²) in [6.45, 7) is 2.30. The van der Waals surface area contributed by atoms with Crippen molar-refractivity contribution in [1.82, 2.24) is 9.62 Å². The molecule has 1 N–H and O–H groups in total. The zero-order chi connectivity index (χ0) is 16.6. The summed E-state index contributed by atoms with van der Waals surface area (Å²) in [5.41, 5.74) is 0.453. The molecule has 6 nitrogen and oxygen atoms in total. The molecule has 22 heavy (non-hydrogen) atoms. The van der Waals surface area contributed by atoms with Gasteiger partial charge in [0, 0.05) is 19.6 Å². The number of hydrogen-bond acceptors (Lipinski definition) is 4. The van der Waals surface area contributed by atoms with E-state index in [0.717, 1.165) is 6.26 Å². The minimum atomic E-state index is -3.44. The number of carbonyl (C=O) groups excluding carboxylic acids is 1. The van der Waals surface area contributed by atoms with Gasteiger partial charge >= 0.3 is 6.09 Å². The Balaban J connectivity index is 2.55. The Morgan fingerprint density at radius 2 is 2.00 bits per heavy atom. The van der Waals surface area contributed by atoms with Gasteiger partial charge < -0.3 is 10.1 Å². The Labute approximate surface area is 130 Å². The van der Waals surface area contributed by atoms with Crippen molar-refractivity contribution in [2.24, 2.45) is 0 Å². The van der Waals surface area contributed by atoms with Crippen LogP contribution in [-0.2, 0) is 21.2 Å². The van der Waals surface area contributed by atoms with Gasteiger partial charge in [0.05, 0.1) is 12.9 Å². The molecule has 1 rings (SSSR count). The van der Waals surface area contributed by atoms with E-state index >= 15 is 0 Å². The molecule has 0 saturated carbocycles. The third-order valence-corrected chi connectivity index (χ3v) is 4.27. The van der Waals surface area contributed by atoms with Crippen molar-refractivity contribution in [3.05, 3.63) is 35.6 Å². The molecule has 1 aromatic carbocycles. The van der Waals surface area contributed by atoms with Crippen LogP contribution in [0.3, 0.4) is 0 Å². The van der Waals surface area contributed by atoms with Crippen molar-refractivity contribution in [2.75, 3.05) is 32.5 Å². The summed E-state index contributed by atoms with van der Waals surface area (Å²) in [6.07, 6.45) is 0.753. The van der Waals surface area contributed by atoms with E-state index in [-0.39, 0.29) is 38.5 Å². The molecule has 0 aliphatic carbocycles. The van der Waals surface area contributed by atoms with Gasteiger partial charge in [-0.25, -0.2) is 21.9 Å². The Hall–Kier alpha value is -1.67. The van der Waals surface area contributed by atoms with Crippen LogP contribution in [0.5, 0.6) is 0 Å². The topological polar surface area (TPSA) is 75.7 Å². The molecule has 0 fully saturated rings. The van der Waals surface area contributed by atoms with Gasteiger partial charge in [0.1, 0.15) is 5.82 Å². The lowest BCUT2D eigenvalue weighted by Crippen LogP contribution is -2.39. The van der Waals surface area contributed by atoms with Crippen LogP contribution in [0, 0.1) is 5.82 Å². The molecule has 0 unspecified atom stereocenters. The molecule has 0 aromatic heterocycles. The number of nitrogens with zero attached hydrogens (tertiary/aromatic N) is 1. The van der Waals surface area contributed by atoms with Crippen LogP contribution >= 0.6 is 0 Å². The molecule has 124 valence electrons. The Morgan fingerprint density at radius 3 is 2.59 bits per heavy atom. The van der Waals surface area contributed by atoms with Crippen LogP contribution in [0.25, 0.3) is 0 Å². The summed E-state index contributed by atoms with van der Waals surface area (Å²) in [5, 5.41) is 2.45. The first-order valence-corrected chi connectivity index (χ1v) is 8.78. The van der Waals surface area contributed by atoms with Gasteiger partial charge in [0.15, 0.2) is 0 Å². The molecule has 1 aromatic rings. The number of halogens is 1. The number of sulfonamides is 1. The summed E-state index contributed by atoms with van der Waals surface area (Å²) < 4.78 is 42.9. The zero-order valence-electron chi connectivity index (χ0n) is 12.7. The quantitative estimate of drug-likeness (QED) is 0.780. The zero-order valence-corrected chi connectivity index (χ0v) is 13.5. The number of alkyl carbamates (subject to hydrolysis) is 1. The van der Waals surface area contributed by atoms with Crippen LogP contribution in [0.1, 0.15) is 12.5 Å². The smallest absolute Gasteiger partial charge is 0.407 e. The monoisotopic (exact) mass is 332 g/mol. The standard InChI is InChI=1S/C14H21FN2O4S/c1-3-21-14(18)16-9-11-17(22(2,19)20)10-8-12-6-4-5-7-13(12)15/h4-7H,3,8-11H2,1-2H3,(H,16,18). The van der Waals surface area contributed by atoms with Gasteiger partial charge in [0.25, 0.3) is 0 Å².